The summed E-state index contributed by atoms with van der Waals surface area (Å²) in [5.41, 5.74) is 0. The summed E-state index contributed by atoms with van der Waals surface area (Å²) in [5, 5.41) is 7.01. The van der Waals surface area contributed by atoms with Crippen molar-refractivity contribution >= 4 is 22.9 Å². The van der Waals surface area contributed by atoms with Gasteiger partial charge in [0.25, 0.3) is 0 Å². The SMILES string of the molecule is CC1CC(CNCc2ccc(Cl)s2)CCN1. The number of rotatable bonds is 4. The van der Waals surface area contributed by atoms with Crippen LogP contribution in [-0.4, -0.2) is 19.1 Å². The molecular weight excluding hydrogens is 240 g/mol. The molecule has 0 aromatic carbocycles. The topological polar surface area (TPSA) is 24.1 Å². The Balaban J connectivity index is 1.67. The zero-order valence-electron chi connectivity index (χ0n) is 9.63. The lowest BCUT2D eigenvalue weighted by molar-refractivity contribution is 0.304. The molecule has 0 saturated carbocycles. The first-order chi connectivity index (χ1) is 7.74. The number of hydrogen-bond donors (Lipinski definition) is 2. The Morgan fingerprint density at radius 2 is 2.44 bits per heavy atom. The van der Waals surface area contributed by atoms with E-state index in [1.165, 1.54) is 24.3 Å². The third-order valence-electron chi connectivity index (χ3n) is 3.09. The van der Waals surface area contributed by atoms with Gasteiger partial charge in [0.05, 0.1) is 4.34 Å². The van der Waals surface area contributed by atoms with Crippen molar-refractivity contribution in [2.45, 2.75) is 32.4 Å². The lowest BCUT2D eigenvalue weighted by Crippen LogP contribution is -2.39. The first-order valence-corrected chi connectivity index (χ1v) is 7.12. The first kappa shape index (κ1) is 12.4. The van der Waals surface area contributed by atoms with Gasteiger partial charge in [0, 0.05) is 17.5 Å². The number of piperidine rings is 1. The molecule has 1 aromatic heterocycles. The molecular formula is C12H19ClN2S. The smallest absolute Gasteiger partial charge is 0.0931 e. The molecule has 1 aliphatic heterocycles. The summed E-state index contributed by atoms with van der Waals surface area (Å²) in [6, 6.07) is 4.75. The van der Waals surface area contributed by atoms with Crippen LogP contribution in [0.15, 0.2) is 12.1 Å². The highest BCUT2D eigenvalue weighted by atomic mass is 35.5. The van der Waals surface area contributed by atoms with Crippen molar-refractivity contribution in [1.82, 2.24) is 10.6 Å². The minimum Gasteiger partial charge on any atom is -0.314 e. The van der Waals surface area contributed by atoms with Gasteiger partial charge in [-0.3, -0.25) is 0 Å². The van der Waals surface area contributed by atoms with Crippen LogP contribution in [0.2, 0.25) is 4.34 Å². The minimum atomic E-state index is 0.678. The predicted octanol–water partition coefficient (Wildman–Crippen LogP) is 2.88. The van der Waals surface area contributed by atoms with Crippen LogP contribution < -0.4 is 10.6 Å². The molecule has 0 amide bonds. The fourth-order valence-corrected chi connectivity index (χ4v) is 3.32. The van der Waals surface area contributed by atoms with Crippen molar-refractivity contribution < 1.29 is 0 Å². The molecule has 90 valence electrons. The Hall–Kier alpha value is -0.0900. The van der Waals surface area contributed by atoms with E-state index in [0.717, 1.165) is 23.3 Å². The zero-order chi connectivity index (χ0) is 11.4. The van der Waals surface area contributed by atoms with Crippen molar-refractivity contribution in [2.75, 3.05) is 13.1 Å². The maximum Gasteiger partial charge on any atom is 0.0931 e. The molecule has 0 aliphatic carbocycles. The predicted molar refractivity (Wildman–Crippen MR) is 71.2 cm³/mol. The van der Waals surface area contributed by atoms with Crippen molar-refractivity contribution in [3.05, 3.63) is 21.3 Å². The second-order valence-electron chi connectivity index (χ2n) is 4.58. The molecule has 2 atom stereocenters. The van der Waals surface area contributed by atoms with Gasteiger partial charge in [-0.2, -0.15) is 0 Å². The van der Waals surface area contributed by atoms with Gasteiger partial charge in [-0.25, -0.2) is 0 Å². The van der Waals surface area contributed by atoms with Crippen molar-refractivity contribution in [3.63, 3.8) is 0 Å². The molecule has 2 heterocycles. The van der Waals surface area contributed by atoms with E-state index in [2.05, 4.69) is 23.6 Å². The lowest BCUT2D eigenvalue weighted by Gasteiger charge is -2.28. The number of hydrogen-bond acceptors (Lipinski definition) is 3. The van der Waals surface area contributed by atoms with E-state index >= 15 is 0 Å². The van der Waals surface area contributed by atoms with Crippen LogP contribution in [0.3, 0.4) is 0 Å². The third-order valence-corrected chi connectivity index (χ3v) is 4.32. The van der Waals surface area contributed by atoms with E-state index < -0.39 is 0 Å². The number of nitrogens with one attached hydrogen (secondary N) is 2. The quantitative estimate of drug-likeness (QED) is 0.868. The highest BCUT2D eigenvalue weighted by Crippen LogP contribution is 2.21. The fourth-order valence-electron chi connectivity index (χ4n) is 2.27. The van der Waals surface area contributed by atoms with Gasteiger partial charge in [-0.15, -0.1) is 11.3 Å². The molecule has 1 fully saturated rings. The summed E-state index contributed by atoms with van der Waals surface area (Å²) in [4.78, 5) is 1.33. The van der Waals surface area contributed by atoms with Crippen molar-refractivity contribution in [2.24, 2.45) is 5.92 Å². The molecule has 4 heteroatoms. The average molecular weight is 259 g/mol. The Labute approximate surface area is 106 Å². The molecule has 0 radical (unpaired) electrons. The van der Waals surface area contributed by atoms with Crippen molar-refractivity contribution in [3.8, 4) is 0 Å². The van der Waals surface area contributed by atoms with Gasteiger partial charge in [0.2, 0.25) is 0 Å². The van der Waals surface area contributed by atoms with Crippen LogP contribution in [0.1, 0.15) is 24.6 Å². The summed E-state index contributed by atoms with van der Waals surface area (Å²) in [6.45, 7) is 5.51. The van der Waals surface area contributed by atoms with Gasteiger partial charge in [-0.1, -0.05) is 11.6 Å². The molecule has 0 spiro atoms. The van der Waals surface area contributed by atoms with E-state index in [4.69, 9.17) is 11.6 Å². The zero-order valence-corrected chi connectivity index (χ0v) is 11.2. The van der Waals surface area contributed by atoms with Crippen molar-refractivity contribution in [1.29, 1.82) is 0 Å². The first-order valence-electron chi connectivity index (χ1n) is 5.92. The van der Waals surface area contributed by atoms with E-state index in [9.17, 15) is 0 Å². The van der Waals surface area contributed by atoms with Gasteiger partial charge < -0.3 is 10.6 Å². The van der Waals surface area contributed by atoms with E-state index in [1.54, 1.807) is 11.3 Å². The molecule has 1 saturated heterocycles. The van der Waals surface area contributed by atoms with Crippen LogP contribution in [0, 0.1) is 5.92 Å². The summed E-state index contributed by atoms with van der Waals surface area (Å²) in [5.74, 6) is 0.826. The fraction of sp³-hybridized carbons (Fsp3) is 0.667. The van der Waals surface area contributed by atoms with Crippen LogP contribution in [0.5, 0.6) is 0 Å². The van der Waals surface area contributed by atoms with Crippen LogP contribution in [0.4, 0.5) is 0 Å². The van der Waals surface area contributed by atoms with E-state index in [-0.39, 0.29) is 0 Å². The molecule has 2 unspecified atom stereocenters. The minimum absolute atomic E-state index is 0.678. The molecule has 1 aromatic rings. The molecule has 16 heavy (non-hydrogen) atoms. The Morgan fingerprint density at radius 1 is 1.56 bits per heavy atom. The molecule has 0 bridgehead atoms. The Morgan fingerprint density at radius 3 is 3.12 bits per heavy atom. The number of thiophene rings is 1. The van der Waals surface area contributed by atoms with Gasteiger partial charge in [-0.05, 0) is 50.9 Å². The maximum absolute atomic E-state index is 5.89. The molecule has 1 aliphatic rings. The summed E-state index contributed by atoms with van der Waals surface area (Å²) in [6.07, 6.45) is 2.58. The standard InChI is InChI=1S/C12H19ClN2S/c1-9-6-10(4-5-15-9)7-14-8-11-2-3-12(13)16-11/h2-3,9-10,14-15H,4-8H2,1H3. The lowest BCUT2D eigenvalue weighted by atomic mass is 9.93. The summed E-state index contributed by atoms with van der Waals surface area (Å²) >= 11 is 7.56. The third kappa shape index (κ3) is 3.74. The molecule has 2 rings (SSSR count). The summed E-state index contributed by atoms with van der Waals surface area (Å²) in [7, 11) is 0. The summed E-state index contributed by atoms with van der Waals surface area (Å²) < 4.78 is 0.882. The highest BCUT2D eigenvalue weighted by molar-refractivity contribution is 7.16. The van der Waals surface area contributed by atoms with E-state index in [1.807, 2.05) is 6.07 Å². The largest absolute Gasteiger partial charge is 0.314 e. The highest BCUT2D eigenvalue weighted by Gasteiger charge is 2.17. The monoisotopic (exact) mass is 258 g/mol. The second kappa shape index (κ2) is 6.01. The van der Waals surface area contributed by atoms with Gasteiger partial charge in [0.15, 0.2) is 0 Å². The van der Waals surface area contributed by atoms with Crippen LogP contribution in [0.25, 0.3) is 0 Å². The average Bonchev–Trinajstić information content (AvgIpc) is 2.64. The van der Waals surface area contributed by atoms with Crippen LogP contribution in [-0.2, 0) is 6.54 Å². The maximum atomic E-state index is 5.89. The number of halogens is 1. The Bertz CT molecular complexity index is 327. The second-order valence-corrected chi connectivity index (χ2v) is 6.38. The van der Waals surface area contributed by atoms with Gasteiger partial charge >= 0.3 is 0 Å². The Kier molecular flexibility index (Phi) is 4.65. The molecule has 2 N–H and O–H groups in total. The van der Waals surface area contributed by atoms with E-state index in [0.29, 0.717) is 6.04 Å². The van der Waals surface area contributed by atoms with Gasteiger partial charge in [0.1, 0.15) is 0 Å². The molecule has 2 nitrogen and oxygen atoms in total. The normalized spacial score (nSPS) is 25.9. The van der Waals surface area contributed by atoms with Crippen LogP contribution >= 0.6 is 22.9 Å².